The lowest BCUT2D eigenvalue weighted by atomic mass is 10.1. The first-order chi connectivity index (χ1) is 8.58. The molecule has 0 aliphatic heterocycles. The van der Waals surface area contributed by atoms with E-state index in [0.29, 0.717) is 6.04 Å². The summed E-state index contributed by atoms with van der Waals surface area (Å²) >= 11 is 0. The maximum atomic E-state index is 11.8. The number of amides is 1. The summed E-state index contributed by atoms with van der Waals surface area (Å²) < 4.78 is 0. The molecule has 2 rings (SSSR count). The van der Waals surface area contributed by atoms with Gasteiger partial charge in [0.1, 0.15) is 0 Å². The van der Waals surface area contributed by atoms with Gasteiger partial charge in [-0.3, -0.25) is 4.79 Å². The Bertz CT molecular complexity index is 411. The zero-order valence-corrected chi connectivity index (χ0v) is 11.4. The zero-order chi connectivity index (χ0) is 13.1. The molecule has 1 N–H and O–H groups in total. The van der Waals surface area contributed by atoms with Crippen molar-refractivity contribution in [2.24, 2.45) is 5.92 Å². The Balaban J connectivity index is 2.01. The molecule has 98 valence electrons. The van der Waals surface area contributed by atoms with Crippen molar-refractivity contribution in [2.75, 3.05) is 19.4 Å². The summed E-state index contributed by atoms with van der Waals surface area (Å²) in [6.07, 6.45) is 3.88. The average Bonchev–Trinajstić information content (AvgIpc) is 2.75. The maximum absolute atomic E-state index is 11.8. The lowest BCUT2D eigenvalue weighted by Crippen LogP contribution is -2.23. The van der Waals surface area contributed by atoms with Gasteiger partial charge in [0.2, 0.25) is 0 Å². The Morgan fingerprint density at radius 2 is 1.89 bits per heavy atom. The van der Waals surface area contributed by atoms with Gasteiger partial charge in [-0.1, -0.05) is 13.3 Å². The Morgan fingerprint density at radius 3 is 2.39 bits per heavy atom. The predicted octanol–water partition coefficient (Wildman–Crippen LogP) is 2.99. The first-order valence-electron chi connectivity index (χ1n) is 6.66. The van der Waals surface area contributed by atoms with E-state index in [-0.39, 0.29) is 5.91 Å². The molecule has 2 atom stereocenters. The molecule has 1 fully saturated rings. The highest BCUT2D eigenvalue weighted by molar-refractivity contribution is 5.94. The smallest absolute Gasteiger partial charge is 0.253 e. The van der Waals surface area contributed by atoms with Crippen LogP contribution in [0.3, 0.4) is 0 Å². The van der Waals surface area contributed by atoms with Crippen LogP contribution in [0.25, 0.3) is 0 Å². The molecule has 0 spiro atoms. The first-order valence-corrected chi connectivity index (χ1v) is 6.66. The van der Waals surface area contributed by atoms with Crippen LogP contribution in [0.1, 0.15) is 36.5 Å². The van der Waals surface area contributed by atoms with E-state index in [1.54, 1.807) is 19.0 Å². The molecule has 2 unspecified atom stereocenters. The maximum Gasteiger partial charge on any atom is 0.253 e. The van der Waals surface area contributed by atoms with Crippen molar-refractivity contribution in [3.63, 3.8) is 0 Å². The lowest BCUT2D eigenvalue weighted by molar-refractivity contribution is 0.0827. The molecule has 1 saturated carbocycles. The molecule has 0 radical (unpaired) electrons. The van der Waals surface area contributed by atoms with Crippen molar-refractivity contribution in [3.05, 3.63) is 29.8 Å². The molecule has 3 heteroatoms. The second kappa shape index (κ2) is 5.42. The molecule has 1 aliphatic carbocycles. The van der Waals surface area contributed by atoms with Crippen LogP contribution in [0, 0.1) is 5.92 Å². The molecular weight excluding hydrogens is 224 g/mol. The Labute approximate surface area is 109 Å². The quantitative estimate of drug-likeness (QED) is 0.889. The minimum atomic E-state index is 0.0517. The summed E-state index contributed by atoms with van der Waals surface area (Å²) in [7, 11) is 3.55. The second-order valence-corrected chi connectivity index (χ2v) is 5.44. The number of hydrogen-bond donors (Lipinski definition) is 1. The van der Waals surface area contributed by atoms with Crippen LogP contribution >= 0.6 is 0 Å². The van der Waals surface area contributed by atoms with Crippen molar-refractivity contribution in [3.8, 4) is 0 Å². The predicted molar refractivity (Wildman–Crippen MR) is 74.9 cm³/mol. The Morgan fingerprint density at radius 1 is 1.22 bits per heavy atom. The highest BCUT2D eigenvalue weighted by atomic mass is 16.2. The van der Waals surface area contributed by atoms with Crippen molar-refractivity contribution in [1.29, 1.82) is 0 Å². The van der Waals surface area contributed by atoms with E-state index in [1.807, 2.05) is 24.3 Å². The number of hydrogen-bond acceptors (Lipinski definition) is 2. The van der Waals surface area contributed by atoms with Gasteiger partial charge in [0.05, 0.1) is 0 Å². The molecule has 18 heavy (non-hydrogen) atoms. The van der Waals surface area contributed by atoms with Crippen molar-refractivity contribution >= 4 is 11.6 Å². The van der Waals surface area contributed by atoms with E-state index >= 15 is 0 Å². The third-order valence-electron chi connectivity index (χ3n) is 3.75. The third-order valence-corrected chi connectivity index (χ3v) is 3.75. The molecule has 0 heterocycles. The van der Waals surface area contributed by atoms with E-state index in [2.05, 4.69) is 12.2 Å². The fraction of sp³-hybridized carbons (Fsp3) is 0.533. The van der Waals surface area contributed by atoms with Crippen molar-refractivity contribution < 1.29 is 4.79 Å². The van der Waals surface area contributed by atoms with Gasteiger partial charge < -0.3 is 10.2 Å². The van der Waals surface area contributed by atoms with Crippen LogP contribution in [0.2, 0.25) is 0 Å². The van der Waals surface area contributed by atoms with Crippen molar-refractivity contribution in [2.45, 2.75) is 32.2 Å². The topological polar surface area (TPSA) is 32.3 Å². The zero-order valence-electron chi connectivity index (χ0n) is 11.4. The van der Waals surface area contributed by atoms with Crippen LogP contribution < -0.4 is 5.32 Å². The second-order valence-electron chi connectivity index (χ2n) is 5.44. The summed E-state index contributed by atoms with van der Waals surface area (Å²) in [6.45, 7) is 2.30. The van der Waals surface area contributed by atoms with E-state index in [1.165, 1.54) is 19.3 Å². The molecular formula is C15H22N2O. The summed E-state index contributed by atoms with van der Waals surface area (Å²) in [4.78, 5) is 13.4. The minimum Gasteiger partial charge on any atom is -0.382 e. The standard InChI is InChI=1S/C15H22N2O/c1-11-5-4-6-14(11)16-13-9-7-12(8-10-13)15(18)17(2)3/h7-11,14,16H,4-6H2,1-3H3. The summed E-state index contributed by atoms with van der Waals surface area (Å²) in [5.74, 6) is 0.795. The number of carbonyl (C=O) groups excluding carboxylic acids is 1. The summed E-state index contributed by atoms with van der Waals surface area (Å²) in [6, 6.07) is 8.37. The SMILES string of the molecule is CC1CCCC1Nc1ccc(C(=O)N(C)C)cc1. The third kappa shape index (κ3) is 2.84. The van der Waals surface area contributed by atoms with Crippen LogP contribution in [0.15, 0.2) is 24.3 Å². The first kappa shape index (κ1) is 12.9. The largest absolute Gasteiger partial charge is 0.382 e. The number of benzene rings is 1. The fourth-order valence-electron chi connectivity index (χ4n) is 2.54. The van der Waals surface area contributed by atoms with Crippen LogP contribution in [-0.2, 0) is 0 Å². The van der Waals surface area contributed by atoms with Gasteiger partial charge in [-0.25, -0.2) is 0 Å². The number of anilines is 1. The van der Waals surface area contributed by atoms with E-state index in [0.717, 1.165) is 17.2 Å². The average molecular weight is 246 g/mol. The van der Waals surface area contributed by atoms with Crippen LogP contribution in [0.5, 0.6) is 0 Å². The van der Waals surface area contributed by atoms with Gasteiger partial charge in [-0.05, 0) is 43.0 Å². The molecule has 1 aliphatic rings. The molecule has 0 saturated heterocycles. The molecule has 0 bridgehead atoms. The normalized spacial score (nSPS) is 22.8. The lowest BCUT2D eigenvalue weighted by Gasteiger charge is -2.19. The van der Waals surface area contributed by atoms with E-state index in [4.69, 9.17) is 0 Å². The number of nitrogens with zero attached hydrogens (tertiary/aromatic N) is 1. The molecule has 1 aromatic rings. The molecule has 1 aromatic carbocycles. The Hall–Kier alpha value is -1.51. The Kier molecular flexibility index (Phi) is 3.90. The van der Waals surface area contributed by atoms with Gasteiger partial charge in [0.25, 0.3) is 5.91 Å². The van der Waals surface area contributed by atoms with E-state index < -0.39 is 0 Å². The van der Waals surface area contributed by atoms with E-state index in [9.17, 15) is 4.79 Å². The van der Waals surface area contributed by atoms with Gasteiger partial charge >= 0.3 is 0 Å². The molecule has 3 nitrogen and oxygen atoms in total. The monoisotopic (exact) mass is 246 g/mol. The van der Waals surface area contributed by atoms with Gasteiger partial charge in [-0.2, -0.15) is 0 Å². The molecule has 1 amide bonds. The van der Waals surface area contributed by atoms with Gasteiger partial charge in [0.15, 0.2) is 0 Å². The number of nitrogens with one attached hydrogen (secondary N) is 1. The van der Waals surface area contributed by atoms with Gasteiger partial charge in [0, 0.05) is 31.4 Å². The molecule has 0 aromatic heterocycles. The van der Waals surface area contributed by atoms with Crippen LogP contribution in [0.4, 0.5) is 5.69 Å². The number of carbonyl (C=O) groups is 1. The van der Waals surface area contributed by atoms with Crippen molar-refractivity contribution in [1.82, 2.24) is 4.90 Å². The number of rotatable bonds is 3. The highest BCUT2D eigenvalue weighted by Gasteiger charge is 2.22. The van der Waals surface area contributed by atoms with Crippen LogP contribution in [-0.4, -0.2) is 30.9 Å². The minimum absolute atomic E-state index is 0.0517. The highest BCUT2D eigenvalue weighted by Crippen LogP contribution is 2.28. The summed E-state index contributed by atoms with van der Waals surface area (Å²) in [5, 5.41) is 3.56. The fourth-order valence-corrected chi connectivity index (χ4v) is 2.54. The summed E-state index contributed by atoms with van der Waals surface area (Å²) in [5.41, 5.74) is 1.86. The van der Waals surface area contributed by atoms with Gasteiger partial charge in [-0.15, -0.1) is 0 Å².